The standard InChI is InChI=1S/C17H12BrN5O/c18-13-9-20-23(10-13)14-6-4-11(5-7-14)17(24)21-15-3-1-2-12-8-19-22-16(12)15/h1-10H,(H,19,22)(H,21,24). The molecule has 4 rings (SSSR count). The van der Waals surface area contributed by atoms with E-state index in [1.807, 2.05) is 36.5 Å². The zero-order valence-corrected chi connectivity index (χ0v) is 14.0. The van der Waals surface area contributed by atoms with Gasteiger partial charge in [0.05, 0.1) is 33.8 Å². The number of halogens is 1. The van der Waals surface area contributed by atoms with Crippen molar-refractivity contribution < 1.29 is 4.79 Å². The smallest absolute Gasteiger partial charge is 0.255 e. The average Bonchev–Trinajstić information content (AvgIpc) is 3.24. The third-order valence-corrected chi connectivity index (χ3v) is 4.08. The average molecular weight is 382 g/mol. The van der Waals surface area contributed by atoms with Crippen LogP contribution in [0.5, 0.6) is 0 Å². The Hall–Kier alpha value is -2.93. The van der Waals surface area contributed by atoms with Gasteiger partial charge in [-0.3, -0.25) is 9.89 Å². The molecule has 0 unspecified atom stereocenters. The number of para-hydroxylation sites is 1. The van der Waals surface area contributed by atoms with Crippen molar-refractivity contribution in [3.8, 4) is 5.69 Å². The van der Waals surface area contributed by atoms with Crippen LogP contribution >= 0.6 is 15.9 Å². The van der Waals surface area contributed by atoms with Gasteiger partial charge in [-0.2, -0.15) is 10.2 Å². The SMILES string of the molecule is O=C(Nc1cccc2cn[nH]c12)c1ccc(-n2cc(Br)cn2)cc1. The molecule has 2 aromatic heterocycles. The summed E-state index contributed by atoms with van der Waals surface area (Å²) in [7, 11) is 0. The molecule has 0 aliphatic rings. The molecule has 2 N–H and O–H groups in total. The maximum absolute atomic E-state index is 12.5. The Morgan fingerprint density at radius 1 is 1.12 bits per heavy atom. The molecule has 0 aliphatic carbocycles. The summed E-state index contributed by atoms with van der Waals surface area (Å²) < 4.78 is 2.63. The normalized spacial score (nSPS) is 10.9. The summed E-state index contributed by atoms with van der Waals surface area (Å²) in [6.45, 7) is 0. The number of hydrogen-bond donors (Lipinski definition) is 2. The number of amides is 1. The van der Waals surface area contributed by atoms with Crippen LogP contribution in [0.25, 0.3) is 16.6 Å². The van der Waals surface area contributed by atoms with E-state index >= 15 is 0 Å². The lowest BCUT2D eigenvalue weighted by molar-refractivity contribution is 0.102. The van der Waals surface area contributed by atoms with Crippen molar-refractivity contribution >= 4 is 38.4 Å². The van der Waals surface area contributed by atoms with Crippen LogP contribution in [0.4, 0.5) is 5.69 Å². The quantitative estimate of drug-likeness (QED) is 0.567. The molecule has 0 atom stereocenters. The lowest BCUT2D eigenvalue weighted by atomic mass is 10.1. The number of carbonyl (C=O) groups is 1. The van der Waals surface area contributed by atoms with E-state index in [1.165, 1.54) is 0 Å². The molecule has 0 aliphatic heterocycles. The minimum Gasteiger partial charge on any atom is -0.320 e. The largest absolute Gasteiger partial charge is 0.320 e. The van der Waals surface area contributed by atoms with Crippen molar-refractivity contribution in [3.05, 3.63) is 71.1 Å². The molecule has 7 heteroatoms. The van der Waals surface area contributed by atoms with Crippen molar-refractivity contribution in [1.82, 2.24) is 20.0 Å². The topological polar surface area (TPSA) is 75.6 Å². The molecule has 0 bridgehead atoms. The Bertz CT molecular complexity index is 1020. The number of carbonyl (C=O) groups excluding carboxylic acids is 1. The van der Waals surface area contributed by atoms with Crippen LogP contribution < -0.4 is 5.32 Å². The first-order valence-electron chi connectivity index (χ1n) is 7.25. The molecule has 0 spiro atoms. The number of aromatic nitrogens is 4. The van der Waals surface area contributed by atoms with Crippen LogP contribution in [0.1, 0.15) is 10.4 Å². The Morgan fingerprint density at radius 2 is 1.96 bits per heavy atom. The maximum atomic E-state index is 12.5. The van der Waals surface area contributed by atoms with Gasteiger partial charge in [-0.15, -0.1) is 0 Å². The second kappa shape index (κ2) is 5.93. The molecule has 0 saturated carbocycles. The molecule has 2 aromatic carbocycles. The molecule has 118 valence electrons. The van der Waals surface area contributed by atoms with Gasteiger partial charge >= 0.3 is 0 Å². The molecule has 4 aromatic rings. The zero-order valence-electron chi connectivity index (χ0n) is 12.4. The number of hydrogen-bond acceptors (Lipinski definition) is 3. The summed E-state index contributed by atoms with van der Waals surface area (Å²) >= 11 is 3.37. The highest BCUT2D eigenvalue weighted by Gasteiger charge is 2.10. The van der Waals surface area contributed by atoms with Crippen LogP contribution in [-0.2, 0) is 0 Å². The maximum Gasteiger partial charge on any atom is 0.255 e. The summed E-state index contributed by atoms with van der Waals surface area (Å²) in [6, 6.07) is 12.9. The Balaban J connectivity index is 1.57. The van der Waals surface area contributed by atoms with Gasteiger partial charge in [-0.25, -0.2) is 4.68 Å². The predicted octanol–water partition coefficient (Wildman–Crippen LogP) is 3.76. The Kier molecular flexibility index (Phi) is 3.62. The highest BCUT2D eigenvalue weighted by atomic mass is 79.9. The molecule has 0 radical (unpaired) electrons. The summed E-state index contributed by atoms with van der Waals surface area (Å²) in [5.41, 5.74) is 2.97. The Labute approximate surface area is 145 Å². The molecule has 2 heterocycles. The summed E-state index contributed by atoms with van der Waals surface area (Å²) in [5, 5.41) is 15.0. The highest BCUT2D eigenvalue weighted by Crippen LogP contribution is 2.21. The number of H-pyrrole nitrogens is 1. The van der Waals surface area contributed by atoms with Gasteiger partial charge < -0.3 is 5.32 Å². The van der Waals surface area contributed by atoms with E-state index in [0.29, 0.717) is 11.3 Å². The second-order valence-electron chi connectivity index (χ2n) is 5.24. The number of nitrogens with zero attached hydrogens (tertiary/aromatic N) is 3. The van der Waals surface area contributed by atoms with Crippen LogP contribution in [-0.4, -0.2) is 25.9 Å². The van der Waals surface area contributed by atoms with Crippen molar-refractivity contribution in [2.24, 2.45) is 0 Å². The highest BCUT2D eigenvalue weighted by molar-refractivity contribution is 9.10. The van der Waals surface area contributed by atoms with Gasteiger partial charge in [0.2, 0.25) is 0 Å². The number of aromatic amines is 1. The molecule has 0 fully saturated rings. The Morgan fingerprint density at radius 3 is 2.71 bits per heavy atom. The van der Waals surface area contributed by atoms with E-state index in [1.54, 1.807) is 29.2 Å². The predicted molar refractivity (Wildman–Crippen MR) is 95.3 cm³/mol. The van der Waals surface area contributed by atoms with E-state index in [0.717, 1.165) is 21.1 Å². The fraction of sp³-hybridized carbons (Fsp3) is 0. The van der Waals surface area contributed by atoms with Gasteiger partial charge in [0, 0.05) is 17.1 Å². The van der Waals surface area contributed by atoms with Gasteiger partial charge in [0.25, 0.3) is 5.91 Å². The number of fused-ring (bicyclic) bond motifs is 1. The molecule has 6 nitrogen and oxygen atoms in total. The number of rotatable bonds is 3. The van der Waals surface area contributed by atoms with Gasteiger partial charge in [0.15, 0.2) is 0 Å². The first-order chi connectivity index (χ1) is 11.7. The van der Waals surface area contributed by atoms with Gasteiger partial charge in [-0.05, 0) is 46.3 Å². The minimum atomic E-state index is -0.176. The third-order valence-electron chi connectivity index (χ3n) is 3.67. The zero-order chi connectivity index (χ0) is 16.5. The first kappa shape index (κ1) is 14.6. The second-order valence-corrected chi connectivity index (χ2v) is 6.16. The number of anilines is 1. The van der Waals surface area contributed by atoms with Crippen LogP contribution in [0.2, 0.25) is 0 Å². The fourth-order valence-corrected chi connectivity index (χ4v) is 2.76. The van der Waals surface area contributed by atoms with Crippen molar-refractivity contribution in [3.63, 3.8) is 0 Å². The first-order valence-corrected chi connectivity index (χ1v) is 8.04. The monoisotopic (exact) mass is 381 g/mol. The molecular formula is C17H12BrN5O. The van der Waals surface area contributed by atoms with E-state index in [2.05, 4.69) is 36.5 Å². The summed E-state index contributed by atoms with van der Waals surface area (Å²) in [4.78, 5) is 12.5. The van der Waals surface area contributed by atoms with Crippen molar-refractivity contribution in [2.75, 3.05) is 5.32 Å². The third kappa shape index (κ3) is 2.69. The molecular weight excluding hydrogens is 370 g/mol. The van der Waals surface area contributed by atoms with Crippen LogP contribution in [0.3, 0.4) is 0 Å². The van der Waals surface area contributed by atoms with E-state index in [9.17, 15) is 4.79 Å². The van der Waals surface area contributed by atoms with Gasteiger partial charge in [0.1, 0.15) is 0 Å². The van der Waals surface area contributed by atoms with Crippen molar-refractivity contribution in [2.45, 2.75) is 0 Å². The lowest BCUT2D eigenvalue weighted by Gasteiger charge is -2.07. The van der Waals surface area contributed by atoms with E-state index in [4.69, 9.17) is 0 Å². The van der Waals surface area contributed by atoms with E-state index < -0.39 is 0 Å². The lowest BCUT2D eigenvalue weighted by Crippen LogP contribution is -2.12. The molecule has 1 amide bonds. The summed E-state index contributed by atoms with van der Waals surface area (Å²) in [5.74, 6) is -0.176. The molecule has 24 heavy (non-hydrogen) atoms. The van der Waals surface area contributed by atoms with Crippen LogP contribution in [0.15, 0.2) is 65.5 Å². The summed E-state index contributed by atoms with van der Waals surface area (Å²) in [6.07, 6.45) is 5.29. The van der Waals surface area contributed by atoms with E-state index in [-0.39, 0.29) is 5.91 Å². The fourth-order valence-electron chi connectivity index (χ4n) is 2.48. The number of benzene rings is 2. The molecule has 0 saturated heterocycles. The van der Waals surface area contributed by atoms with Gasteiger partial charge in [-0.1, -0.05) is 12.1 Å². The minimum absolute atomic E-state index is 0.176. The van der Waals surface area contributed by atoms with Crippen LogP contribution in [0, 0.1) is 0 Å². The number of nitrogens with one attached hydrogen (secondary N) is 2. The van der Waals surface area contributed by atoms with Crippen molar-refractivity contribution in [1.29, 1.82) is 0 Å².